The van der Waals surface area contributed by atoms with Crippen molar-refractivity contribution >= 4 is 23.5 Å². The Hall–Kier alpha value is -2.25. The van der Waals surface area contributed by atoms with E-state index in [4.69, 9.17) is 11.6 Å². The number of benzene rings is 1. The molecule has 1 amide bonds. The molecule has 0 spiro atoms. The van der Waals surface area contributed by atoms with Crippen LogP contribution in [0, 0.1) is 5.82 Å². The zero-order valence-electron chi connectivity index (χ0n) is 15.5. The van der Waals surface area contributed by atoms with E-state index in [1.54, 1.807) is 37.6 Å². The second-order valence-electron chi connectivity index (χ2n) is 6.65. The predicted octanol–water partition coefficient (Wildman–Crippen LogP) is 2.44. The third kappa shape index (κ3) is 4.54. The van der Waals surface area contributed by atoms with Crippen LogP contribution in [0.15, 0.2) is 36.7 Å². The van der Waals surface area contributed by atoms with E-state index in [2.05, 4.69) is 14.9 Å². The highest BCUT2D eigenvalue weighted by molar-refractivity contribution is 6.31. The van der Waals surface area contributed by atoms with E-state index in [-0.39, 0.29) is 24.3 Å². The van der Waals surface area contributed by atoms with Gasteiger partial charge in [0.25, 0.3) is 0 Å². The number of rotatable bonds is 5. The van der Waals surface area contributed by atoms with E-state index < -0.39 is 0 Å². The van der Waals surface area contributed by atoms with Gasteiger partial charge in [-0.2, -0.15) is 0 Å². The molecule has 0 saturated carbocycles. The van der Waals surface area contributed by atoms with Crippen molar-refractivity contribution in [1.82, 2.24) is 19.8 Å². The number of likely N-dealkylation sites (N-methyl/N-ethyl adjacent to an activating group) is 1. The van der Waals surface area contributed by atoms with Crippen LogP contribution in [0.2, 0.25) is 5.02 Å². The zero-order chi connectivity index (χ0) is 19.4. The maximum Gasteiger partial charge on any atom is 0.239 e. The number of amides is 1. The predicted molar refractivity (Wildman–Crippen MR) is 103 cm³/mol. The van der Waals surface area contributed by atoms with Crippen molar-refractivity contribution in [3.8, 4) is 0 Å². The smallest absolute Gasteiger partial charge is 0.239 e. The summed E-state index contributed by atoms with van der Waals surface area (Å²) in [4.78, 5) is 27.1. The van der Waals surface area contributed by atoms with Gasteiger partial charge in [-0.3, -0.25) is 9.69 Å². The summed E-state index contributed by atoms with van der Waals surface area (Å²) in [6, 6.07) is 6.02. The molecule has 1 aromatic carbocycles. The van der Waals surface area contributed by atoms with Crippen LogP contribution in [0.4, 0.5) is 10.3 Å². The van der Waals surface area contributed by atoms with Gasteiger partial charge in [-0.25, -0.2) is 14.4 Å². The highest BCUT2D eigenvalue weighted by Crippen LogP contribution is 2.21. The fourth-order valence-corrected chi connectivity index (χ4v) is 3.33. The average Bonchev–Trinajstić information content (AvgIpc) is 2.70. The molecule has 0 aliphatic carbocycles. The van der Waals surface area contributed by atoms with Gasteiger partial charge in [-0.1, -0.05) is 17.7 Å². The molecule has 8 heteroatoms. The van der Waals surface area contributed by atoms with Crippen molar-refractivity contribution in [1.29, 1.82) is 0 Å². The van der Waals surface area contributed by atoms with Gasteiger partial charge in [0.05, 0.1) is 6.04 Å². The Morgan fingerprint density at radius 1 is 1.22 bits per heavy atom. The van der Waals surface area contributed by atoms with Gasteiger partial charge in [-0.15, -0.1) is 0 Å². The lowest BCUT2D eigenvalue weighted by molar-refractivity contribution is -0.136. The molecule has 1 aliphatic rings. The first-order chi connectivity index (χ1) is 13.0. The van der Waals surface area contributed by atoms with Crippen molar-refractivity contribution in [2.75, 3.05) is 38.1 Å². The number of hydrogen-bond acceptors (Lipinski definition) is 5. The number of hydrogen-bond donors (Lipinski definition) is 0. The van der Waals surface area contributed by atoms with Crippen molar-refractivity contribution in [3.63, 3.8) is 0 Å². The van der Waals surface area contributed by atoms with Crippen molar-refractivity contribution in [2.24, 2.45) is 0 Å². The van der Waals surface area contributed by atoms with Crippen LogP contribution in [-0.4, -0.2) is 64.9 Å². The Morgan fingerprint density at radius 3 is 2.52 bits per heavy atom. The van der Waals surface area contributed by atoms with E-state index in [0.717, 1.165) is 0 Å². The summed E-state index contributed by atoms with van der Waals surface area (Å²) >= 11 is 6.10. The monoisotopic (exact) mass is 391 g/mol. The molecule has 1 fully saturated rings. The summed E-state index contributed by atoms with van der Waals surface area (Å²) in [7, 11) is 1.80. The quantitative estimate of drug-likeness (QED) is 0.783. The summed E-state index contributed by atoms with van der Waals surface area (Å²) in [5.74, 6) is 0.355. The largest absolute Gasteiger partial charge is 0.338 e. The molecule has 3 rings (SSSR count). The summed E-state index contributed by atoms with van der Waals surface area (Å²) in [5.41, 5.74) is 0.410. The molecule has 1 unspecified atom stereocenters. The average molecular weight is 392 g/mol. The van der Waals surface area contributed by atoms with Crippen LogP contribution < -0.4 is 4.90 Å². The molecule has 1 aliphatic heterocycles. The number of halogens is 2. The van der Waals surface area contributed by atoms with Crippen LogP contribution in [-0.2, 0) is 11.3 Å². The summed E-state index contributed by atoms with van der Waals surface area (Å²) in [5, 5.41) is 0.373. The van der Waals surface area contributed by atoms with Crippen LogP contribution in [0.1, 0.15) is 12.5 Å². The molecule has 0 radical (unpaired) electrons. The molecule has 1 aromatic heterocycles. The second-order valence-corrected chi connectivity index (χ2v) is 7.06. The molecule has 1 atom stereocenters. The highest BCUT2D eigenvalue weighted by Gasteiger charge is 2.28. The SMILES string of the molecule is CC(C(=O)N1CCN(c2ncccn2)CC1)N(C)Cc1c(F)cccc1Cl. The Labute approximate surface area is 163 Å². The minimum atomic E-state index is -0.375. The van der Waals surface area contributed by atoms with Crippen molar-refractivity contribution in [2.45, 2.75) is 19.5 Å². The van der Waals surface area contributed by atoms with E-state index >= 15 is 0 Å². The van der Waals surface area contributed by atoms with E-state index in [0.29, 0.717) is 42.7 Å². The van der Waals surface area contributed by atoms with Crippen LogP contribution in [0.3, 0.4) is 0 Å². The lowest BCUT2D eigenvalue weighted by Gasteiger charge is -2.37. The zero-order valence-corrected chi connectivity index (χ0v) is 16.2. The number of anilines is 1. The summed E-state index contributed by atoms with van der Waals surface area (Å²) < 4.78 is 14.0. The second kappa shape index (κ2) is 8.63. The summed E-state index contributed by atoms with van der Waals surface area (Å²) in [6.45, 7) is 4.70. The fraction of sp³-hybridized carbons (Fsp3) is 0.421. The first-order valence-electron chi connectivity index (χ1n) is 8.91. The third-order valence-electron chi connectivity index (χ3n) is 4.91. The van der Waals surface area contributed by atoms with Gasteiger partial charge >= 0.3 is 0 Å². The maximum atomic E-state index is 14.0. The Balaban J connectivity index is 1.57. The molecular weight excluding hydrogens is 369 g/mol. The standard InChI is InChI=1S/C19H23ClFN5O/c1-14(24(2)13-15-16(20)5-3-6-17(15)21)18(27)25-9-11-26(12-10-25)19-22-7-4-8-23-19/h3-8,14H,9-13H2,1-2H3. The minimum Gasteiger partial charge on any atom is -0.338 e. The third-order valence-corrected chi connectivity index (χ3v) is 5.27. The number of aromatic nitrogens is 2. The molecule has 6 nitrogen and oxygen atoms in total. The van der Waals surface area contributed by atoms with Gasteiger partial charge < -0.3 is 9.80 Å². The van der Waals surface area contributed by atoms with Gasteiger partial charge in [0.1, 0.15) is 5.82 Å². The Kier molecular flexibility index (Phi) is 6.23. The van der Waals surface area contributed by atoms with Crippen molar-refractivity contribution < 1.29 is 9.18 Å². The van der Waals surface area contributed by atoms with Gasteiger partial charge in [0, 0.05) is 55.7 Å². The van der Waals surface area contributed by atoms with Gasteiger partial charge in [-0.05, 0) is 32.2 Å². The van der Waals surface area contributed by atoms with Crippen LogP contribution in [0.5, 0.6) is 0 Å². The molecule has 0 N–H and O–H groups in total. The minimum absolute atomic E-state index is 0.0265. The van der Waals surface area contributed by atoms with Gasteiger partial charge in [0.15, 0.2) is 0 Å². The molecule has 2 heterocycles. The lowest BCUT2D eigenvalue weighted by atomic mass is 10.1. The van der Waals surface area contributed by atoms with Crippen molar-refractivity contribution in [3.05, 3.63) is 53.1 Å². The summed E-state index contributed by atoms with van der Waals surface area (Å²) in [6.07, 6.45) is 3.43. The lowest BCUT2D eigenvalue weighted by Crippen LogP contribution is -2.54. The molecule has 1 saturated heterocycles. The first kappa shape index (κ1) is 19.5. The highest BCUT2D eigenvalue weighted by atomic mass is 35.5. The molecule has 0 bridgehead atoms. The maximum absolute atomic E-state index is 14.0. The normalized spacial score (nSPS) is 15.9. The molecule has 144 valence electrons. The number of carbonyl (C=O) groups excluding carboxylic acids is 1. The fourth-order valence-electron chi connectivity index (χ4n) is 3.10. The number of carbonyl (C=O) groups is 1. The molecule has 27 heavy (non-hydrogen) atoms. The molecular formula is C19H23ClFN5O. The van der Waals surface area contributed by atoms with Gasteiger partial charge in [0.2, 0.25) is 11.9 Å². The number of nitrogens with zero attached hydrogens (tertiary/aromatic N) is 5. The number of piperazine rings is 1. The Bertz CT molecular complexity index is 763. The molecule has 2 aromatic rings. The Morgan fingerprint density at radius 2 is 1.89 bits per heavy atom. The first-order valence-corrected chi connectivity index (χ1v) is 9.29. The van der Waals surface area contributed by atoms with E-state index in [1.807, 2.05) is 16.7 Å². The van der Waals surface area contributed by atoms with Crippen LogP contribution in [0.25, 0.3) is 0 Å². The van der Waals surface area contributed by atoms with Crippen LogP contribution >= 0.6 is 11.6 Å². The topological polar surface area (TPSA) is 52.6 Å². The van der Waals surface area contributed by atoms with E-state index in [1.165, 1.54) is 6.07 Å². The van der Waals surface area contributed by atoms with E-state index in [9.17, 15) is 9.18 Å².